The predicted octanol–water partition coefficient (Wildman–Crippen LogP) is 4.17. The first kappa shape index (κ1) is 23.9. The molecule has 33 heavy (non-hydrogen) atoms. The van der Waals surface area contributed by atoms with E-state index < -0.39 is 21.5 Å². The second-order valence-electron chi connectivity index (χ2n) is 9.19. The number of hydrogen-bond donors (Lipinski definition) is 1. The van der Waals surface area contributed by atoms with Gasteiger partial charge in [-0.05, 0) is 69.2 Å². The number of carbonyl (C=O) groups excluding carboxylic acids is 1. The van der Waals surface area contributed by atoms with Gasteiger partial charge in [0.1, 0.15) is 17.1 Å². The lowest BCUT2D eigenvalue weighted by atomic mass is 9.88. The summed E-state index contributed by atoms with van der Waals surface area (Å²) >= 11 is 5.90. The number of piperidine rings is 1. The largest absolute Gasteiger partial charge is 0.497 e. The number of hydrogen-bond acceptors (Lipinski definition) is 5. The van der Waals surface area contributed by atoms with Crippen LogP contribution in [0.5, 0.6) is 11.5 Å². The molecule has 178 valence electrons. The molecule has 0 spiro atoms. The van der Waals surface area contributed by atoms with Gasteiger partial charge in [-0.1, -0.05) is 11.6 Å². The van der Waals surface area contributed by atoms with Gasteiger partial charge in [-0.25, -0.2) is 8.42 Å². The van der Waals surface area contributed by atoms with Crippen molar-refractivity contribution in [1.29, 1.82) is 0 Å². The van der Waals surface area contributed by atoms with Gasteiger partial charge < -0.3 is 14.8 Å². The smallest absolute Gasteiger partial charge is 0.243 e. The van der Waals surface area contributed by atoms with Gasteiger partial charge in [0, 0.05) is 30.1 Å². The SMILES string of the molecule is COc1ccc2c(c1)[C@@H](NC(=O)[C@@H]1CCCN(S(=O)(=O)c3ccc(Cl)cc3)C1)CC(C)(C)O2. The van der Waals surface area contributed by atoms with E-state index in [1.54, 1.807) is 19.2 Å². The zero-order chi connectivity index (χ0) is 23.8. The lowest BCUT2D eigenvalue weighted by molar-refractivity contribution is -0.127. The molecule has 7 nitrogen and oxygen atoms in total. The van der Waals surface area contributed by atoms with E-state index >= 15 is 0 Å². The van der Waals surface area contributed by atoms with Gasteiger partial charge in [0.05, 0.1) is 24.0 Å². The van der Waals surface area contributed by atoms with Crippen molar-refractivity contribution in [3.05, 3.63) is 53.1 Å². The molecule has 0 radical (unpaired) electrons. The summed E-state index contributed by atoms with van der Waals surface area (Å²) in [6.45, 7) is 4.51. The highest BCUT2D eigenvalue weighted by atomic mass is 35.5. The van der Waals surface area contributed by atoms with Crippen LogP contribution in [0.4, 0.5) is 0 Å². The molecular formula is C24H29ClN2O5S. The molecule has 2 aliphatic heterocycles. The van der Waals surface area contributed by atoms with Crippen molar-refractivity contribution < 1.29 is 22.7 Å². The summed E-state index contributed by atoms with van der Waals surface area (Å²) in [6.07, 6.45) is 1.85. The number of methoxy groups -OCH3 is 1. The molecule has 2 atom stereocenters. The van der Waals surface area contributed by atoms with E-state index in [0.717, 1.165) is 5.56 Å². The Hall–Kier alpha value is -2.29. The van der Waals surface area contributed by atoms with Crippen molar-refractivity contribution in [2.75, 3.05) is 20.2 Å². The Morgan fingerprint density at radius 3 is 2.64 bits per heavy atom. The summed E-state index contributed by atoms with van der Waals surface area (Å²) in [7, 11) is -2.10. The first-order valence-corrected chi connectivity index (χ1v) is 12.8. The fourth-order valence-corrected chi connectivity index (χ4v) is 6.16. The number of benzene rings is 2. The molecule has 0 bridgehead atoms. The summed E-state index contributed by atoms with van der Waals surface area (Å²) in [5.74, 6) is 0.824. The van der Waals surface area contributed by atoms with Crippen molar-refractivity contribution in [2.45, 2.75) is 49.6 Å². The quantitative estimate of drug-likeness (QED) is 0.677. The third-order valence-electron chi connectivity index (χ3n) is 6.20. The predicted molar refractivity (Wildman–Crippen MR) is 126 cm³/mol. The maximum atomic E-state index is 13.3. The fraction of sp³-hybridized carbons (Fsp3) is 0.458. The van der Waals surface area contributed by atoms with Crippen molar-refractivity contribution in [3.8, 4) is 11.5 Å². The monoisotopic (exact) mass is 492 g/mol. The highest BCUT2D eigenvalue weighted by Gasteiger charge is 2.38. The van der Waals surface area contributed by atoms with Crippen LogP contribution >= 0.6 is 11.6 Å². The van der Waals surface area contributed by atoms with Crippen LogP contribution < -0.4 is 14.8 Å². The van der Waals surface area contributed by atoms with Gasteiger partial charge >= 0.3 is 0 Å². The minimum atomic E-state index is -3.70. The van der Waals surface area contributed by atoms with Crippen molar-refractivity contribution >= 4 is 27.5 Å². The Bertz CT molecular complexity index is 1130. The van der Waals surface area contributed by atoms with Crippen molar-refractivity contribution in [2.24, 2.45) is 5.92 Å². The molecule has 1 saturated heterocycles. The second-order valence-corrected chi connectivity index (χ2v) is 11.6. The minimum Gasteiger partial charge on any atom is -0.497 e. The number of nitrogens with zero attached hydrogens (tertiary/aromatic N) is 1. The third-order valence-corrected chi connectivity index (χ3v) is 8.33. The maximum Gasteiger partial charge on any atom is 0.243 e. The average Bonchev–Trinajstić information content (AvgIpc) is 2.78. The molecular weight excluding hydrogens is 464 g/mol. The maximum absolute atomic E-state index is 13.3. The number of rotatable bonds is 5. The molecule has 9 heteroatoms. The molecule has 1 amide bonds. The van der Waals surface area contributed by atoms with Crippen LogP contribution in [0, 0.1) is 5.92 Å². The topological polar surface area (TPSA) is 84.9 Å². The van der Waals surface area contributed by atoms with Crippen LogP contribution in [0.15, 0.2) is 47.4 Å². The van der Waals surface area contributed by atoms with Crippen LogP contribution in [-0.4, -0.2) is 44.4 Å². The summed E-state index contributed by atoms with van der Waals surface area (Å²) < 4.78 is 39.0. The molecule has 1 fully saturated rings. The van der Waals surface area contributed by atoms with Crippen molar-refractivity contribution in [1.82, 2.24) is 9.62 Å². The fourth-order valence-electron chi connectivity index (χ4n) is 4.51. The number of carbonyl (C=O) groups is 1. The first-order valence-electron chi connectivity index (χ1n) is 11.0. The number of amides is 1. The lowest BCUT2D eigenvalue weighted by Gasteiger charge is -2.39. The van der Waals surface area contributed by atoms with E-state index in [9.17, 15) is 13.2 Å². The molecule has 2 heterocycles. The average molecular weight is 493 g/mol. The van der Waals surface area contributed by atoms with Gasteiger partial charge in [0.2, 0.25) is 15.9 Å². The van der Waals surface area contributed by atoms with Crippen molar-refractivity contribution in [3.63, 3.8) is 0 Å². The van der Waals surface area contributed by atoms with E-state index in [1.807, 2.05) is 32.0 Å². The molecule has 2 aromatic carbocycles. The van der Waals surface area contributed by atoms with E-state index in [-0.39, 0.29) is 23.4 Å². The Balaban J connectivity index is 1.51. The summed E-state index contributed by atoms with van der Waals surface area (Å²) in [4.78, 5) is 13.5. The van der Waals surface area contributed by atoms with Crippen LogP contribution in [-0.2, 0) is 14.8 Å². The Morgan fingerprint density at radius 2 is 1.94 bits per heavy atom. The van der Waals surface area contributed by atoms with Crippen LogP contribution in [0.25, 0.3) is 0 Å². The Labute approximate surface area is 200 Å². The number of sulfonamides is 1. The van der Waals surface area contributed by atoms with Gasteiger partial charge in [-0.3, -0.25) is 4.79 Å². The van der Waals surface area contributed by atoms with Crippen LogP contribution in [0.2, 0.25) is 5.02 Å². The molecule has 4 rings (SSSR count). The molecule has 0 aliphatic carbocycles. The molecule has 1 N–H and O–H groups in total. The zero-order valence-corrected chi connectivity index (χ0v) is 20.6. The normalized spacial score (nSPS) is 22.7. The van der Waals surface area contributed by atoms with Crippen LogP contribution in [0.3, 0.4) is 0 Å². The number of ether oxygens (including phenoxy) is 2. The van der Waals surface area contributed by atoms with Gasteiger partial charge in [0.25, 0.3) is 0 Å². The number of halogens is 1. The van der Waals surface area contributed by atoms with E-state index in [2.05, 4.69) is 5.32 Å². The van der Waals surface area contributed by atoms with E-state index in [0.29, 0.717) is 42.3 Å². The Kier molecular flexibility index (Phi) is 6.62. The molecule has 0 unspecified atom stereocenters. The molecule has 2 aliphatic rings. The standard InChI is InChI=1S/C24H29ClN2O5S/c1-24(2)14-21(20-13-18(31-3)8-11-22(20)32-24)26-23(28)16-5-4-12-27(15-16)33(29,30)19-9-6-17(25)7-10-19/h6-11,13,16,21H,4-5,12,14-15H2,1-3H3,(H,26,28)/t16-,21+/m1/s1. The highest BCUT2D eigenvalue weighted by molar-refractivity contribution is 7.89. The number of nitrogens with one attached hydrogen (secondary N) is 1. The second kappa shape index (κ2) is 9.16. The zero-order valence-electron chi connectivity index (χ0n) is 19.0. The first-order chi connectivity index (χ1) is 15.6. The molecule has 0 saturated carbocycles. The summed E-state index contributed by atoms with van der Waals surface area (Å²) in [5.41, 5.74) is 0.416. The van der Waals surface area contributed by atoms with Gasteiger partial charge in [-0.2, -0.15) is 4.31 Å². The van der Waals surface area contributed by atoms with E-state index in [1.165, 1.54) is 16.4 Å². The minimum absolute atomic E-state index is 0.147. The van der Waals surface area contributed by atoms with E-state index in [4.69, 9.17) is 21.1 Å². The highest BCUT2D eigenvalue weighted by Crippen LogP contribution is 2.41. The molecule has 2 aromatic rings. The molecule has 0 aromatic heterocycles. The lowest BCUT2D eigenvalue weighted by Crippen LogP contribution is -2.48. The van der Waals surface area contributed by atoms with Gasteiger partial charge in [-0.15, -0.1) is 0 Å². The Morgan fingerprint density at radius 1 is 1.21 bits per heavy atom. The van der Waals surface area contributed by atoms with Gasteiger partial charge in [0.15, 0.2) is 0 Å². The summed E-state index contributed by atoms with van der Waals surface area (Å²) in [6, 6.07) is 11.4. The number of fused-ring (bicyclic) bond motifs is 1. The summed E-state index contributed by atoms with van der Waals surface area (Å²) in [5, 5.41) is 3.63. The van der Waals surface area contributed by atoms with Crippen LogP contribution in [0.1, 0.15) is 44.7 Å². The third kappa shape index (κ3) is 5.13.